The summed E-state index contributed by atoms with van der Waals surface area (Å²) >= 11 is 0. The number of benzene rings is 1. The fraction of sp³-hybridized carbons (Fsp3) is 0.500. The van der Waals surface area contributed by atoms with Crippen LogP contribution in [-0.4, -0.2) is 32.2 Å². The molecule has 0 saturated carbocycles. The highest BCUT2D eigenvalue weighted by Crippen LogP contribution is 2.28. The van der Waals surface area contributed by atoms with E-state index in [4.69, 9.17) is 18.6 Å². The number of ether oxygens (including phenoxy) is 3. The molecule has 1 unspecified atom stereocenters. The molecule has 114 valence electrons. The van der Waals surface area contributed by atoms with Crippen molar-refractivity contribution in [3.8, 4) is 5.75 Å². The minimum absolute atomic E-state index is 0.0823. The zero-order chi connectivity index (χ0) is 14.9. The molecule has 5 heteroatoms. The van der Waals surface area contributed by atoms with Gasteiger partial charge in [0.1, 0.15) is 5.76 Å². The van der Waals surface area contributed by atoms with E-state index in [-0.39, 0.29) is 6.10 Å². The topological polar surface area (TPSA) is 52.9 Å². The molecule has 1 aromatic heterocycles. The largest absolute Gasteiger partial charge is 0.493 e. The highest BCUT2D eigenvalue weighted by Gasteiger charge is 2.32. The number of hydrogen-bond acceptors (Lipinski definition) is 5. The summed E-state index contributed by atoms with van der Waals surface area (Å²) in [5, 5.41) is 4.39. The van der Waals surface area contributed by atoms with Crippen LogP contribution in [0.2, 0.25) is 0 Å². The Morgan fingerprint density at radius 1 is 1.38 bits per heavy atom. The lowest BCUT2D eigenvalue weighted by Gasteiger charge is -2.17. The quantitative estimate of drug-likeness (QED) is 0.918. The van der Waals surface area contributed by atoms with Gasteiger partial charge in [-0.1, -0.05) is 12.1 Å². The predicted octanol–water partition coefficient (Wildman–Crippen LogP) is 2.68. The summed E-state index contributed by atoms with van der Waals surface area (Å²) in [7, 11) is 1.65. The summed E-state index contributed by atoms with van der Waals surface area (Å²) in [6.07, 6.45) is 0.0823. The molecule has 1 aromatic carbocycles. The summed E-state index contributed by atoms with van der Waals surface area (Å²) in [6, 6.07) is 7.90. The molecule has 5 nitrogen and oxygen atoms in total. The van der Waals surface area contributed by atoms with Gasteiger partial charge in [-0.25, -0.2) is 0 Å². The maximum Gasteiger partial charge on any atom is 0.176 e. The van der Waals surface area contributed by atoms with Gasteiger partial charge in [0.05, 0.1) is 26.4 Å². The van der Waals surface area contributed by atoms with Gasteiger partial charge in [0.2, 0.25) is 0 Å². The first-order chi connectivity index (χ1) is 10.1. The standard InChI is InChI=1S/C16H21NO4/c1-16(2)19-10-13(21-16)9-17-8-12-7-11-5-4-6-14(18-3)15(11)20-12/h4-7,13,17H,8-10H2,1-3H3. The Kier molecular flexibility index (Phi) is 3.89. The van der Waals surface area contributed by atoms with Gasteiger partial charge < -0.3 is 23.9 Å². The lowest BCUT2D eigenvalue weighted by Crippen LogP contribution is -2.30. The normalized spacial score (nSPS) is 21.0. The molecule has 1 aliphatic heterocycles. The zero-order valence-electron chi connectivity index (χ0n) is 12.6. The summed E-state index contributed by atoms with van der Waals surface area (Å²) < 4.78 is 22.4. The van der Waals surface area contributed by atoms with Crippen molar-refractivity contribution < 1.29 is 18.6 Å². The Labute approximate surface area is 124 Å². The summed E-state index contributed by atoms with van der Waals surface area (Å²) in [5.41, 5.74) is 0.790. The molecule has 0 radical (unpaired) electrons. The van der Waals surface area contributed by atoms with Crippen molar-refractivity contribution >= 4 is 11.0 Å². The summed E-state index contributed by atoms with van der Waals surface area (Å²) in [6.45, 7) is 5.86. The van der Waals surface area contributed by atoms with Crippen LogP contribution in [0, 0.1) is 0 Å². The number of para-hydroxylation sites is 1. The molecule has 1 fully saturated rings. The van der Waals surface area contributed by atoms with Crippen LogP contribution in [0.25, 0.3) is 11.0 Å². The van der Waals surface area contributed by atoms with Gasteiger partial charge >= 0.3 is 0 Å². The predicted molar refractivity (Wildman–Crippen MR) is 79.4 cm³/mol. The van der Waals surface area contributed by atoms with Gasteiger partial charge in [0.25, 0.3) is 0 Å². The molecular formula is C16H21NO4. The van der Waals surface area contributed by atoms with Crippen LogP contribution in [0.15, 0.2) is 28.7 Å². The number of fused-ring (bicyclic) bond motifs is 1. The van der Waals surface area contributed by atoms with Crippen LogP contribution >= 0.6 is 0 Å². The summed E-state index contributed by atoms with van der Waals surface area (Å²) in [4.78, 5) is 0. The second kappa shape index (κ2) is 5.67. The molecule has 3 rings (SSSR count). The van der Waals surface area contributed by atoms with Crippen molar-refractivity contribution in [2.75, 3.05) is 20.3 Å². The van der Waals surface area contributed by atoms with E-state index in [1.807, 2.05) is 38.1 Å². The van der Waals surface area contributed by atoms with Crippen molar-refractivity contribution in [2.24, 2.45) is 0 Å². The second-order valence-corrected chi connectivity index (χ2v) is 5.67. The van der Waals surface area contributed by atoms with E-state index >= 15 is 0 Å². The first-order valence-corrected chi connectivity index (χ1v) is 7.15. The third kappa shape index (κ3) is 3.20. The Morgan fingerprint density at radius 3 is 2.95 bits per heavy atom. The molecule has 1 aliphatic rings. The van der Waals surface area contributed by atoms with Gasteiger partial charge in [-0.2, -0.15) is 0 Å². The molecule has 1 N–H and O–H groups in total. The van der Waals surface area contributed by atoms with E-state index in [2.05, 4.69) is 5.32 Å². The number of nitrogens with one attached hydrogen (secondary N) is 1. The van der Waals surface area contributed by atoms with E-state index < -0.39 is 5.79 Å². The molecule has 2 aromatic rings. The molecule has 2 heterocycles. The van der Waals surface area contributed by atoms with E-state index in [9.17, 15) is 0 Å². The molecule has 1 saturated heterocycles. The van der Waals surface area contributed by atoms with Gasteiger partial charge in [-0.15, -0.1) is 0 Å². The fourth-order valence-electron chi connectivity index (χ4n) is 2.56. The van der Waals surface area contributed by atoms with E-state index in [0.717, 1.165) is 29.0 Å². The smallest absolute Gasteiger partial charge is 0.176 e. The third-order valence-electron chi connectivity index (χ3n) is 3.52. The molecule has 0 spiro atoms. The van der Waals surface area contributed by atoms with Gasteiger partial charge in [-0.3, -0.25) is 0 Å². The molecule has 0 amide bonds. The Balaban J connectivity index is 1.59. The van der Waals surface area contributed by atoms with E-state index in [1.165, 1.54) is 0 Å². The minimum atomic E-state index is -0.473. The van der Waals surface area contributed by atoms with Crippen molar-refractivity contribution in [3.05, 3.63) is 30.0 Å². The van der Waals surface area contributed by atoms with Crippen molar-refractivity contribution in [1.29, 1.82) is 0 Å². The van der Waals surface area contributed by atoms with Crippen LogP contribution in [0.5, 0.6) is 5.75 Å². The van der Waals surface area contributed by atoms with Crippen LogP contribution in [0.4, 0.5) is 0 Å². The second-order valence-electron chi connectivity index (χ2n) is 5.67. The maximum atomic E-state index is 5.84. The van der Waals surface area contributed by atoms with Crippen LogP contribution < -0.4 is 10.1 Å². The molecular weight excluding hydrogens is 270 g/mol. The third-order valence-corrected chi connectivity index (χ3v) is 3.52. The van der Waals surface area contributed by atoms with Gasteiger partial charge in [0, 0.05) is 11.9 Å². The van der Waals surface area contributed by atoms with E-state index in [0.29, 0.717) is 13.2 Å². The SMILES string of the molecule is COc1cccc2cc(CNCC3COC(C)(C)O3)oc12. The average molecular weight is 291 g/mol. The summed E-state index contributed by atoms with van der Waals surface area (Å²) in [5.74, 6) is 1.17. The highest BCUT2D eigenvalue weighted by molar-refractivity contribution is 5.83. The monoisotopic (exact) mass is 291 g/mol. The molecule has 1 atom stereocenters. The van der Waals surface area contributed by atoms with Crippen LogP contribution in [-0.2, 0) is 16.0 Å². The minimum Gasteiger partial charge on any atom is -0.493 e. The first kappa shape index (κ1) is 14.4. The number of furan rings is 1. The lowest BCUT2D eigenvalue weighted by molar-refractivity contribution is -0.137. The lowest BCUT2D eigenvalue weighted by atomic mass is 10.2. The number of rotatable bonds is 5. The van der Waals surface area contributed by atoms with E-state index in [1.54, 1.807) is 7.11 Å². The van der Waals surface area contributed by atoms with Crippen molar-refractivity contribution in [1.82, 2.24) is 5.32 Å². The first-order valence-electron chi connectivity index (χ1n) is 7.15. The highest BCUT2D eigenvalue weighted by atomic mass is 16.7. The van der Waals surface area contributed by atoms with Gasteiger partial charge in [0.15, 0.2) is 17.1 Å². The van der Waals surface area contributed by atoms with Crippen LogP contribution in [0.1, 0.15) is 19.6 Å². The number of hydrogen-bond donors (Lipinski definition) is 1. The van der Waals surface area contributed by atoms with Crippen molar-refractivity contribution in [3.63, 3.8) is 0 Å². The van der Waals surface area contributed by atoms with Crippen LogP contribution in [0.3, 0.4) is 0 Å². The molecule has 21 heavy (non-hydrogen) atoms. The number of methoxy groups -OCH3 is 1. The Hall–Kier alpha value is -1.56. The zero-order valence-corrected chi connectivity index (χ0v) is 12.6. The fourth-order valence-corrected chi connectivity index (χ4v) is 2.56. The molecule has 0 aliphatic carbocycles. The maximum absolute atomic E-state index is 5.84. The van der Waals surface area contributed by atoms with Crippen molar-refractivity contribution in [2.45, 2.75) is 32.3 Å². The Morgan fingerprint density at radius 2 is 2.24 bits per heavy atom. The average Bonchev–Trinajstić information content (AvgIpc) is 3.01. The van der Waals surface area contributed by atoms with Gasteiger partial charge in [-0.05, 0) is 26.0 Å². The molecule has 0 bridgehead atoms. The Bertz CT molecular complexity index is 620.